The van der Waals surface area contributed by atoms with E-state index in [1.807, 2.05) is 48.5 Å². The van der Waals surface area contributed by atoms with Gasteiger partial charge in [0.25, 0.3) is 5.91 Å². The fourth-order valence-electron chi connectivity index (χ4n) is 1.98. The number of carbonyl (C=O) groups excluding carboxylic acids is 1. The van der Waals surface area contributed by atoms with Gasteiger partial charge < -0.3 is 9.73 Å². The Labute approximate surface area is 124 Å². The van der Waals surface area contributed by atoms with Crippen molar-refractivity contribution in [1.82, 2.24) is 5.32 Å². The minimum atomic E-state index is -0.207. The highest BCUT2D eigenvalue weighted by Gasteiger charge is 2.11. The van der Waals surface area contributed by atoms with Crippen LogP contribution in [0.3, 0.4) is 0 Å². The molecule has 1 N–H and O–H groups in total. The molecule has 0 atom stereocenters. The van der Waals surface area contributed by atoms with Gasteiger partial charge in [-0.1, -0.05) is 46.3 Å². The highest BCUT2D eigenvalue weighted by atomic mass is 79.9. The lowest BCUT2D eigenvalue weighted by molar-refractivity contribution is 0.0925. The molecule has 1 aromatic heterocycles. The van der Waals surface area contributed by atoms with Crippen molar-refractivity contribution in [2.45, 2.75) is 6.54 Å². The molecule has 0 aliphatic rings. The standard InChI is InChI=1S/C16H12BrNO2/c17-13-7-6-12-8-15(20-14(12)9-13)16(19)18-10-11-4-2-1-3-5-11/h1-9H,10H2,(H,18,19). The Hall–Kier alpha value is -2.07. The van der Waals surface area contributed by atoms with Crippen LogP contribution in [0.15, 0.2) is 63.5 Å². The lowest BCUT2D eigenvalue weighted by Gasteiger charge is -2.02. The van der Waals surface area contributed by atoms with Crippen molar-refractivity contribution in [1.29, 1.82) is 0 Å². The van der Waals surface area contributed by atoms with E-state index in [1.165, 1.54) is 0 Å². The van der Waals surface area contributed by atoms with E-state index in [-0.39, 0.29) is 5.91 Å². The molecule has 2 aromatic carbocycles. The van der Waals surface area contributed by atoms with Gasteiger partial charge in [-0.05, 0) is 29.8 Å². The van der Waals surface area contributed by atoms with E-state index in [2.05, 4.69) is 21.2 Å². The number of benzene rings is 2. The predicted octanol–water partition coefficient (Wildman–Crippen LogP) is 4.13. The van der Waals surface area contributed by atoms with Crippen LogP contribution in [-0.2, 0) is 6.54 Å². The van der Waals surface area contributed by atoms with E-state index in [0.29, 0.717) is 17.9 Å². The maximum absolute atomic E-state index is 12.1. The number of furan rings is 1. The highest BCUT2D eigenvalue weighted by molar-refractivity contribution is 9.10. The number of rotatable bonds is 3. The van der Waals surface area contributed by atoms with Crippen molar-refractivity contribution >= 4 is 32.8 Å². The smallest absolute Gasteiger partial charge is 0.287 e. The summed E-state index contributed by atoms with van der Waals surface area (Å²) in [5, 5.41) is 3.76. The van der Waals surface area contributed by atoms with Crippen LogP contribution in [0.5, 0.6) is 0 Å². The minimum absolute atomic E-state index is 0.207. The van der Waals surface area contributed by atoms with E-state index in [4.69, 9.17) is 4.42 Å². The Morgan fingerprint density at radius 3 is 2.70 bits per heavy atom. The zero-order valence-corrected chi connectivity index (χ0v) is 12.2. The van der Waals surface area contributed by atoms with Crippen LogP contribution in [0.25, 0.3) is 11.0 Å². The average Bonchev–Trinajstić information content (AvgIpc) is 2.89. The Bertz CT molecular complexity index is 750. The van der Waals surface area contributed by atoms with Gasteiger partial charge in [0.2, 0.25) is 0 Å². The molecule has 0 bridgehead atoms. The van der Waals surface area contributed by atoms with E-state index in [9.17, 15) is 4.79 Å². The molecule has 0 aliphatic carbocycles. The molecule has 0 saturated heterocycles. The van der Waals surface area contributed by atoms with Crippen LogP contribution in [0.2, 0.25) is 0 Å². The van der Waals surface area contributed by atoms with Gasteiger partial charge in [0.05, 0.1) is 0 Å². The van der Waals surface area contributed by atoms with Crippen molar-refractivity contribution in [2.75, 3.05) is 0 Å². The first kappa shape index (κ1) is 12.9. The van der Waals surface area contributed by atoms with Gasteiger partial charge in [0, 0.05) is 16.4 Å². The maximum Gasteiger partial charge on any atom is 0.287 e. The van der Waals surface area contributed by atoms with Gasteiger partial charge in [-0.2, -0.15) is 0 Å². The number of carbonyl (C=O) groups is 1. The molecule has 1 amide bonds. The lowest BCUT2D eigenvalue weighted by atomic mass is 10.2. The Morgan fingerprint density at radius 1 is 1.10 bits per heavy atom. The van der Waals surface area contributed by atoms with Crippen molar-refractivity contribution in [3.63, 3.8) is 0 Å². The van der Waals surface area contributed by atoms with Crippen LogP contribution < -0.4 is 5.32 Å². The van der Waals surface area contributed by atoms with Crippen molar-refractivity contribution in [3.05, 3.63) is 70.4 Å². The highest BCUT2D eigenvalue weighted by Crippen LogP contribution is 2.23. The monoisotopic (exact) mass is 329 g/mol. The molecule has 0 aliphatic heterocycles. The number of nitrogens with one attached hydrogen (secondary N) is 1. The molecule has 100 valence electrons. The largest absolute Gasteiger partial charge is 0.451 e. The van der Waals surface area contributed by atoms with Crippen LogP contribution >= 0.6 is 15.9 Å². The zero-order chi connectivity index (χ0) is 13.9. The topological polar surface area (TPSA) is 42.2 Å². The fraction of sp³-hybridized carbons (Fsp3) is 0.0625. The summed E-state index contributed by atoms with van der Waals surface area (Å²) in [4.78, 5) is 12.1. The summed E-state index contributed by atoms with van der Waals surface area (Å²) in [6.45, 7) is 0.487. The minimum Gasteiger partial charge on any atom is -0.451 e. The Kier molecular flexibility index (Phi) is 3.56. The summed E-state index contributed by atoms with van der Waals surface area (Å²) in [5.74, 6) is 0.121. The van der Waals surface area contributed by atoms with E-state index in [0.717, 1.165) is 15.4 Å². The third kappa shape index (κ3) is 2.75. The maximum atomic E-state index is 12.1. The van der Waals surface area contributed by atoms with Crippen LogP contribution in [0.4, 0.5) is 0 Å². The molecule has 0 saturated carbocycles. The molecule has 3 aromatic rings. The van der Waals surface area contributed by atoms with Gasteiger partial charge in [0.1, 0.15) is 5.58 Å². The molecule has 0 spiro atoms. The number of amides is 1. The fourth-order valence-corrected chi connectivity index (χ4v) is 2.32. The Balaban J connectivity index is 1.75. The summed E-state index contributed by atoms with van der Waals surface area (Å²) >= 11 is 3.38. The first-order valence-corrected chi connectivity index (χ1v) is 7.03. The third-order valence-electron chi connectivity index (χ3n) is 3.00. The normalized spacial score (nSPS) is 10.7. The molecule has 0 unspecified atom stereocenters. The van der Waals surface area contributed by atoms with Crippen LogP contribution in [0.1, 0.15) is 16.1 Å². The molecule has 3 nitrogen and oxygen atoms in total. The second kappa shape index (κ2) is 5.51. The second-order valence-corrected chi connectivity index (χ2v) is 5.38. The number of fused-ring (bicyclic) bond motifs is 1. The summed E-state index contributed by atoms with van der Waals surface area (Å²) in [7, 11) is 0. The molecular formula is C16H12BrNO2. The van der Waals surface area contributed by atoms with Gasteiger partial charge in [-0.15, -0.1) is 0 Å². The first-order chi connectivity index (χ1) is 9.72. The third-order valence-corrected chi connectivity index (χ3v) is 3.50. The molecule has 0 radical (unpaired) electrons. The van der Waals surface area contributed by atoms with Crippen LogP contribution in [0, 0.1) is 0 Å². The quantitative estimate of drug-likeness (QED) is 0.785. The molecule has 20 heavy (non-hydrogen) atoms. The first-order valence-electron chi connectivity index (χ1n) is 6.23. The number of hydrogen-bond acceptors (Lipinski definition) is 2. The van der Waals surface area contributed by atoms with Gasteiger partial charge in [-0.25, -0.2) is 0 Å². The van der Waals surface area contributed by atoms with Crippen molar-refractivity contribution < 1.29 is 9.21 Å². The van der Waals surface area contributed by atoms with Crippen LogP contribution in [-0.4, -0.2) is 5.91 Å². The molecule has 0 fully saturated rings. The summed E-state index contributed by atoms with van der Waals surface area (Å²) in [6.07, 6.45) is 0. The van der Waals surface area contributed by atoms with E-state index >= 15 is 0 Å². The average molecular weight is 330 g/mol. The summed E-state index contributed by atoms with van der Waals surface area (Å²) < 4.78 is 6.48. The van der Waals surface area contributed by atoms with Crippen molar-refractivity contribution in [2.24, 2.45) is 0 Å². The predicted molar refractivity (Wildman–Crippen MR) is 81.5 cm³/mol. The molecule has 1 heterocycles. The SMILES string of the molecule is O=C(NCc1ccccc1)c1cc2ccc(Br)cc2o1. The molecular weight excluding hydrogens is 318 g/mol. The lowest BCUT2D eigenvalue weighted by Crippen LogP contribution is -2.22. The van der Waals surface area contributed by atoms with E-state index < -0.39 is 0 Å². The zero-order valence-electron chi connectivity index (χ0n) is 10.6. The molecule has 4 heteroatoms. The summed E-state index contributed by atoms with van der Waals surface area (Å²) in [5.41, 5.74) is 1.75. The van der Waals surface area contributed by atoms with Gasteiger partial charge in [0.15, 0.2) is 5.76 Å². The van der Waals surface area contributed by atoms with Gasteiger partial charge in [-0.3, -0.25) is 4.79 Å². The van der Waals surface area contributed by atoms with Crippen molar-refractivity contribution in [3.8, 4) is 0 Å². The second-order valence-electron chi connectivity index (χ2n) is 4.46. The number of hydrogen-bond donors (Lipinski definition) is 1. The molecule has 3 rings (SSSR count). The Morgan fingerprint density at radius 2 is 1.90 bits per heavy atom. The van der Waals surface area contributed by atoms with E-state index in [1.54, 1.807) is 6.07 Å². The summed E-state index contributed by atoms with van der Waals surface area (Å²) in [6, 6.07) is 17.2. The van der Waals surface area contributed by atoms with Gasteiger partial charge >= 0.3 is 0 Å². The number of halogens is 1.